The van der Waals surface area contributed by atoms with Gasteiger partial charge in [-0.05, 0) is 44.6 Å². The molecule has 1 aromatic heterocycles. The summed E-state index contributed by atoms with van der Waals surface area (Å²) in [6, 6.07) is 0.426. The average Bonchev–Trinajstić information content (AvgIpc) is 2.73. The number of nitrogens with two attached hydrogens (primary N) is 1. The Hall–Kier alpha value is -0.830. The second kappa shape index (κ2) is 5.00. The van der Waals surface area contributed by atoms with Gasteiger partial charge in [-0.15, -0.1) is 0 Å². The van der Waals surface area contributed by atoms with Crippen molar-refractivity contribution in [2.45, 2.75) is 64.5 Å². The average molecular weight is 221 g/mol. The molecule has 2 rings (SSSR count). The summed E-state index contributed by atoms with van der Waals surface area (Å²) in [6.07, 6.45) is 8.06. The highest BCUT2D eigenvalue weighted by Gasteiger charge is 2.24. The van der Waals surface area contributed by atoms with Crippen LogP contribution in [0.5, 0.6) is 0 Å². The molecule has 16 heavy (non-hydrogen) atoms. The third-order valence-electron chi connectivity index (χ3n) is 3.73. The molecule has 90 valence electrons. The zero-order chi connectivity index (χ0) is 11.5. The molecule has 0 aromatic carbocycles. The second-order valence-electron chi connectivity index (χ2n) is 4.86. The van der Waals surface area contributed by atoms with Crippen molar-refractivity contribution in [3.8, 4) is 0 Å². The molecule has 0 spiro atoms. The lowest BCUT2D eigenvalue weighted by Gasteiger charge is -2.25. The SMILES string of the molecule is CCc1cn(CC)nc1C1CCC(N)CC1. The number of nitrogens with zero attached hydrogens (tertiary/aromatic N) is 2. The standard InChI is InChI=1S/C13H23N3/c1-3-10-9-16(4-2)15-13(10)11-5-7-12(14)8-6-11/h9,11-12H,3-8,14H2,1-2H3. The minimum absolute atomic E-state index is 0.426. The Morgan fingerprint density at radius 1 is 1.31 bits per heavy atom. The molecule has 2 N–H and O–H groups in total. The fourth-order valence-electron chi connectivity index (χ4n) is 2.65. The molecule has 0 aliphatic heterocycles. The lowest BCUT2D eigenvalue weighted by Crippen LogP contribution is -2.26. The molecule has 3 heteroatoms. The zero-order valence-corrected chi connectivity index (χ0v) is 10.4. The molecule has 0 amide bonds. The number of aryl methyl sites for hydroxylation is 2. The van der Waals surface area contributed by atoms with E-state index in [1.807, 2.05) is 0 Å². The van der Waals surface area contributed by atoms with Gasteiger partial charge in [0.15, 0.2) is 0 Å². The Labute approximate surface area is 98.0 Å². The van der Waals surface area contributed by atoms with E-state index in [0.717, 1.165) is 25.8 Å². The van der Waals surface area contributed by atoms with Crippen molar-refractivity contribution in [1.29, 1.82) is 0 Å². The molecule has 0 unspecified atom stereocenters. The summed E-state index contributed by atoms with van der Waals surface area (Å²) < 4.78 is 2.07. The van der Waals surface area contributed by atoms with E-state index in [9.17, 15) is 0 Å². The fraction of sp³-hybridized carbons (Fsp3) is 0.769. The van der Waals surface area contributed by atoms with Crippen LogP contribution in [0.15, 0.2) is 6.20 Å². The summed E-state index contributed by atoms with van der Waals surface area (Å²) in [4.78, 5) is 0. The highest BCUT2D eigenvalue weighted by atomic mass is 15.3. The second-order valence-corrected chi connectivity index (χ2v) is 4.86. The Morgan fingerprint density at radius 3 is 2.56 bits per heavy atom. The maximum Gasteiger partial charge on any atom is 0.0687 e. The number of rotatable bonds is 3. The van der Waals surface area contributed by atoms with Gasteiger partial charge in [-0.2, -0.15) is 5.10 Å². The summed E-state index contributed by atoms with van der Waals surface area (Å²) in [5, 5.41) is 4.72. The first kappa shape index (κ1) is 11.6. The van der Waals surface area contributed by atoms with Crippen LogP contribution < -0.4 is 5.73 Å². The molecular weight excluding hydrogens is 198 g/mol. The van der Waals surface area contributed by atoms with Crippen molar-refractivity contribution in [1.82, 2.24) is 9.78 Å². The van der Waals surface area contributed by atoms with E-state index < -0.39 is 0 Å². The molecule has 1 aliphatic rings. The predicted molar refractivity (Wildman–Crippen MR) is 66.5 cm³/mol. The van der Waals surface area contributed by atoms with Crippen LogP contribution >= 0.6 is 0 Å². The van der Waals surface area contributed by atoms with Gasteiger partial charge in [-0.25, -0.2) is 0 Å². The van der Waals surface area contributed by atoms with Gasteiger partial charge in [-0.3, -0.25) is 4.68 Å². The molecule has 1 aliphatic carbocycles. The van der Waals surface area contributed by atoms with Crippen LogP contribution in [0.2, 0.25) is 0 Å². The maximum atomic E-state index is 5.95. The van der Waals surface area contributed by atoms with E-state index in [2.05, 4.69) is 24.7 Å². The van der Waals surface area contributed by atoms with Crippen LogP contribution in [-0.2, 0) is 13.0 Å². The van der Waals surface area contributed by atoms with Crippen LogP contribution in [0.4, 0.5) is 0 Å². The molecule has 1 fully saturated rings. The van der Waals surface area contributed by atoms with Crippen LogP contribution in [0.25, 0.3) is 0 Å². The molecule has 3 nitrogen and oxygen atoms in total. The summed E-state index contributed by atoms with van der Waals surface area (Å²) in [6.45, 7) is 5.33. The van der Waals surface area contributed by atoms with Gasteiger partial charge < -0.3 is 5.73 Å². The molecule has 0 atom stereocenters. The van der Waals surface area contributed by atoms with Crippen LogP contribution in [0, 0.1) is 0 Å². The summed E-state index contributed by atoms with van der Waals surface area (Å²) in [7, 11) is 0. The van der Waals surface area contributed by atoms with Crippen LogP contribution in [0.1, 0.15) is 56.7 Å². The van der Waals surface area contributed by atoms with Crippen molar-refractivity contribution in [3.05, 3.63) is 17.5 Å². The quantitative estimate of drug-likeness (QED) is 0.852. The number of hydrogen-bond donors (Lipinski definition) is 1. The summed E-state index contributed by atoms with van der Waals surface area (Å²) in [5.41, 5.74) is 8.73. The molecule has 0 saturated heterocycles. The largest absolute Gasteiger partial charge is 0.328 e. The topological polar surface area (TPSA) is 43.8 Å². The first-order valence-electron chi connectivity index (χ1n) is 6.56. The summed E-state index contributed by atoms with van der Waals surface area (Å²) in [5.74, 6) is 0.655. The third-order valence-corrected chi connectivity index (χ3v) is 3.73. The van der Waals surface area contributed by atoms with Gasteiger partial charge in [0.25, 0.3) is 0 Å². The molecule has 0 bridgehead atoms. The highest BCUT2D eigenvalue weighted by molar-refractivity contribution is 5.21. The molecule has 1 saturated carbocycles. The molecule has 0 radical (unpaired) electrons. The minimum Gasteiger partial charge on any atom is -0.328 e. The number of aromatic nitrogens is 2. The van der Waals surface area contributed by atoms with Crippen LogP contribution in [0.3, 0.4) is 0 Å². The summed E-state index contributed by atoms with van der Waals surface area (Å²) >= 11 is 0. The van der Waals surface area contributed by atoms with Crippen LogP contribution in [-0.4, -0.2) is 15.8 Å². The van der Waals surface area contributed by atoms with E-state index >= 15 is 0 Å². The van der Waals surface area contributed by atoms with Gasteiger partial charge >= 0.3 is 0 Å². The third kappa shape index (κ3) is 2.29. The van der Waals surface area contributed by atoms with Gasteiger partial charge in [0.05, 0.1) is 5.69 Å². The van der Waals surface area contributed by atoms with E-state index in [0.29, 0.717) is 12.0 Å². The molecular formula is C13H23N3. The Kier molecular flexibility index (Phi) is 3.64. The maximum absolute atomic E-state index is 5.95. The van der Waals surface area contributed by atoms with Crippen molar-refractivity contribution < 1.29 is 0 Å². The first-order chi connectivity index (χ1) is 7.74. The van der Waals surface area contributed by atoms with E-state index in [-0.39, 0.29) is 0 Å². The normalized spacial score (nSPS) is 25.9. The minimum atomic E-state index is 0.426. The van der Waals surface area contributed by atoms with E-state index in [4.69, 9.17) is 10.8 Å². The smallest absolute Gasteiger partial charge is 0.0687 e. The van der Waals surface area contributed by atoms with E-state index in [1.54, 1.807) is 0 Å². The van der Waals surface area contributed by atoms with Crippen molar-refractivity contribution in [3.63, 3.8) is 0 Å². The lowest BCUT2D eigenvalue weighted by molar-refractivity contribution is 0.387. The van der Waals surface area contributed by atoms with Gasteiger partial charge in [0.1, 0.15) is 0 Å². The lowest BCUT2D eigenvalue weighted by atomic mass is 9.83. The molecule has 1 heterocycles. The van der Waals surface area contributed by atoms with Crippen molar-refractivity contribution >= 4 is 0 Å². The predicted octanol–water partition coefficient (Wildman–Crippen LogP) is 2.45. The Bertz CT molecular complexity index is 335. The Morgan fingerprint density at radius 2 is 2.00 bits per heavy atom. The van der Waals surface area contributed by atoms with E-state index in [1.165, 1.54) is 24.1 Å². The van der Waals surface area contributed by atoms with Gasteiger partial charge in [0, 0.05) is 24.7 Å². The zero-order valence-electron chi connectivity index (χ0n) is 10.4. The monoisotopic (exact) mass is 221 g/mol. The van der Waals surface area contributed by atoms with Gasteiger partial charge in [0.2, 0.25) is 0 Å². The first-order valence-corrected chi connectivity index (χ1v) is 6.56. The van der Waals surface area contributed by atoms with Crippen molar-refractivity contribution in [2.75, 3.05) is 0 Å². The fourth-order valence-corrected chi connectivity index (χ4v) is 2.65. The Balaban J connectivity index is 2.15. The van der Waals surface area contributed by atoms with Gasteiger partial charge in [-0.1, -0.05) is 6.92 Å². The highest BCUT2D eigenvalue weighted by Crippen LogP contribution is 2.33. The molecule has 1 aromatic rings. The van der Waals surface area contributed by atoms with Crippen molar-refractivity contribution in [2.24, 2.45) is 5.73 Å². The number of hydrogen-bond acceptors (Lipinski definition) is 2.